The Kier molecular flexibility index (Phi) is 5.85. The number of piperidine rings is 1. The van der Waals surface area contributed by atoms with Gasteiger partial charge in [0, 0.05) is 49.4 Å². The van der Waals surface area contributed by atoms with Crippen molar-refractivity contribution in [3.8, 4) is 11.3 Å². The summed E-state index contributed by atoms with van der Waals surface area (Å²) < 4.78 is 41.7. The van der Waals surface area contributed by atoms with Gasteiger partial charge in [-0.2, -0.15) is 13.2 Å². The van der Waals surface area contributed by atoms with Crippen LogP contribution in [0.4, 0.5) is 13.2 Å². The maximum atomic E-state index is 13.2. The number of imidazole rings is 1. The molecule has 0 aliphatic carbocycles. The fraction of sp³-hybridized carbons (Fsp3) is 0.409. The van der Waals surface area contributed by atoms with Gasteiger partial charge in [0.15, 0.2) is 0 Å². The first-order valence-corrected chi connectivity index (χ1v) is 10.2. The van der Waals surface area contributed by atoms with Crippen LogP contribution in [0.15, 0.2) is 49.1 Å². The van der Waals surface area contributed by atoms with Crippen molar-refractivity contribution in [2.24, 2.45) is 0 Å². The molecular formula is C22H24F3N5. The molecule has 2 aromatic heterocycles. The number of benzene rings is 1. The standard InChI is InChI=1S/C22H24F3N5/c1-2-30-12-10-26-19(30)15-29-11-4-6-17(14-29)21-20(27-8-9-28-21)16-5-3-7-18(13-16)22(23,24)25/h3,5,7-10,12-13,17H,2,4,6,11,14-15H2,1H3/t17-/m1/s1. The van der Waals surface area contributed by atoms with Gasteiger partial charge in [0.2, 0.25) is 0 Å². The van der Waals surface area contributed by atoms with Gasteiger partial charge in [-0.25, -0.2) is 4.98 Å². The summed E-state index contributed by atoms with van der Waals surface area (Å²) >= 11 is 0. The Labute approximate surface area is 173 Å². The van der Waals surface area contributed by atoms with Gasteiger partial charge in [0.1, 0.15) is 5.82 Å². The van der Waals surface area contributed by atoms with Crippen LogP contribution in [0.1, 0.15) is 42.8 Å². The van der Waals surface area contributed by atoms with E-state index >= 15 is 0 Å². The second kappa shape index (κ2) is 8.55. The van der Waals surface area contributed by atoms with Gasteiger partial charge < -0.3 is 4.57 Å². The van der Waals surface area contributed by atoms with Gasteiger partial charge in [-0.1, -0.05) is 12.1 Å². The predicted octanol–water partition coefficient (Wildman–Crippen LogP) is 4.76. The maximum Gasteiger partial charge on any atom is 0.416 e. The molecule has 0 bridgehead atoms. The van der Waals surface area contributed by atoms with Crippen LogP contribution in [0.2, 0.25) is 0 Å². The number of likely N-dealkylation sites (tertiary alicyclic amines) is 1. The molecule has 30 heavy (non-hydrogen) atoms. The molecule has 8 heteroatoms. The number of nitrogens with zero attached hydrogens (tertiary/aromatic N) is 5. The van der Waals surface area contributed by atoms with E-state index in [1.54, 1.807) is 12.3 Å². The van der Waals surface area contributed by atoms with Crippen LogP contribution in [0.5, 0.6) is 0 Å². The van der Waals surface area contributed by atoms with Crippen molar-refractivity contribution in [1.29, 1.82) is 0 Å². The van der Waals surface area contributed by atoms with E-state index in [-0.39, 0.29) is 5.92 Å². The molecule has 1 aliphatic rings. The Morgan fingerprint density at radius 2 is 1.93 bits per heavy atom. The predicted molar refractivity (Wildman–Crippen MR) is 108 cm³/mol. The van der Waals surface area contributed by atoms with Gasteiger partial charge in [-0.05, 0) is 38.4 Å². The number of hydrogen-bond donors (Lipinski definition) is 0. The Hall–Kier alpha value is -2.74. The SMILES string of the molecule is CCn1ccnc1CN1CCC[C@@H](c2nccnc2-c2cccc(C(F)(F)F)c2)C1. The maximum absolute atomic E-state index is 13.2. The van der Waals surface area contributed by atoms with E-state index in [9.17, 15) is 13.2 Å². The summed E-state index contributed by atoms with van der Waals surface area (Å²) in [5.74, 6) is 1.14. The van der Waals surface area contributed by atoms with Gasteiger partial charge in [-0.3, -0.25) is 14.9 Å². The molecule has 0 radical (unpaired) electrons. The lowest BCUT2D eigenvalue weighted by Crippen LogP contribution is -2.35. The minimum atomic E-state index is -4.39. The van der Waals surface area contributed by atoms with Crippen LogP contribution in [0.25, 0.3) is 11.3 Å². The Balaban J connectivity index is 1.59. The van der Waals surface area contributed by atoms with Gasteiger partial charge in [0.05, 0.1) is 23.5 Å². The number of halogens is 3. The first kappa shape index (κ1) is 20.5. The smallest absolute Gasteiger partial charge is 0.334 e. The third kappa shape index (κ3) is 4.38. The zero-order valence-electron chi connectivity index (χ0n) is 16.8. The number of rotatable bonds is 5. The molecular weight excluding hydrogens is 391 g/mol. The third-order valence-electron chi connectivity index (χ3n) is 5.59. The molecule has 3 aromatic rings. The van der Waals surface area contributed by atoms with Gasteiger partial charge in [0.25, 0.3) is 0 Å². The van der Waals surface area contributed by atoms with Crippen LogP contribution in [-0.4, -0.2) is 37.5 Å². The minimum absolute atomic E-state index is 0.113. The molecule has 0 N–H and O–H groups in total. The molecule has 4 rings (SSSR count). The van der Waals surface area contributed by atoms with Crippen molar-refractivity contribution in [2.75, 3.05) is 13.1 Å². The first-order chi connectivity index (χ1) is 14.5. The Bertz CT molecular complexity index is 998. The minimum Gasteiger partial charge on any atom is -0.334 e. The number of hydrogen-bond acceptors (Lipinski definition) is 4. The molecule has 5 nitrogen and oxygen atoms in total. The third-order valence-corrected chi connectivity index (χ3v) is 5.59. The molecule has 0 spiro atoms. The molecule has 1 aromatic carbocycles. The number of alkyl halides is 3. The number of aromatic nitrogens is 4. The van der Waals surface area contributed by atoms with E-state index in [0.717, 1.165) is 62.7 Å². The summed E-state index contributed by atoms with van der Waals surface area (Å²) in [5.41, 5.74) is 1.07. The lowest BCUT2D eigenvalue weighted by molar-refractivity contribution is -0.137. The van der Waals surface area contributed by atoms with Crippen LogP contribution in [-0.2, 0) is 19.3 Å². The summed E-state index contributed by atoms with van der Waals surface area (Å²) in [4.78, 5) is 15.8. The molecule has 0 unspecified atom stereocenters. The summed E-state index contributed by atoms with van der Waals surface area (Å²) in [6.45, 7) is 5.45. The Morgan fingerprint density at radius 1 is 1.10 bits per heavy atom. The molecule has 1 saturated heterocycles. The first-order valence-electron chi connectivity index (χ1n) is 10.2. The Morgan fingerprint density at radius 3 is 2.73 bits per heavy atom. The molecule has 3 heterocycles. The van der Waals surface area contributed by atoms with Gasteiger partial charge >= 0.3 is 6.18 Å². The van der Waals surface area contributed by atoms with Crippen LogP contribution >= 0.6 is 0 Å². The van der Waals surface area contributed by atoms with Crippen molar-refractivity contribution >= 4 is 0 Å². The fourth-order valence-corrected chi connectivity index (χ4v) is 4.11. The lowest BCUT2D eigenvalue weighted by Gasteiger charge is -2.32. The van der Waals surface area contributed by atoms with Crippen molar-refractivity contribution in [3.05, 3.63) is 66.1 Å². The second-order valence-corrected chi connectivity index (χ2v) is 7.57. The van der Waals surface area contributed by atoms with Crippen LogP contribution in [0, 0.1) is 0 Å². The summed E-state index contributed by atoms with van der Waals surface area (Å²) in [6, 6.07) is 5.33. The van der Waals surface area contributed by atoms with Crippen molar-refractivity contribution in [3.63, 3.8) is 0 Å². The molecule has 0 saturated carbocycles. The monoisotopic (exact) mass is 415 g/mol. The molecule has 1 aliphatic heterocycles. The molecule has 1 atom stereocenters. The fourth-order valence-electron chi connectivity index (χ4n) is 4.11. The van der Waals surface area contributed by atoms with E-state index in [0.29, 0.717) is 11.3 Å². The van der Waals surface area contributed by atoms with E-state index in [1.807, 2.05) is 12.4 Å². The second-order valence-electron chi connectivity index (χ2n) is 7.57. The summed E-state index contributed by atoms with van der Waals surface area (Å²) in [6.07, 6.45) is 4.49. The van der Waals surface area contributed by atoms with E-state index in [4.69, 9.17) is 0 Å². The largest absolute Gasteiger partial charge is 0.416 e. The highest BCUT2D eigenvalue weighted by Gasteiger charge is 2.31. The van der Waals surface area contributed by atoms with E-state index in [2.05, 4.69) is 31.3 Å². The highest BCUT2D eigenvalue weighted by Crippen LogP contribution is 2.35. The van der Waals surface area contributed by atoms with Crippen molar-refractivity contribution < 1.29 is 13.2 Å². The molecule has 1 fully saturated rings. The normalized spacial score (nSPS) is 17.9. The van der Waals surface area contributed by atoms with E-state index < -0.39 is 11.7 Å². The topological polar surface area (TPSA) is 46.8 Å². The zero-order valence-corrected chi connectivity index (χ0v) is 16.8. The molecule has 158 valence electrons. The van der Waals surface area contributed by atoms with Crippen molar-refractivity contribution in [1.82, 2.24) is 24.4 Å². The van der Waals surface area contributed by atoms with Crippen LogP contribution in [0.3, 0.4) is 0 Å². The highest BCUT2D eigenvalue weighted by atomic mass is 19.4. The highest BCUT2D eigenvalue weighted by molar-refractivity contribution is 5.63. The summed E-state index contributed by atoms with van der Waals surface area (Å²) in [7, 11) is 0. The van der Waals surface area contributed by atoms with Gasteiger partial charge in [-0.15, -0.1) is 0 Å². The average Bonchev–Trinajstić information content (AvgIpc) is 3.20. The number of aryl methyl sites for hydroxylation is 1. The van der Waals surface area contributed by atoms with E-state index in [1.165, 1.54) is 12.3 Å². The summed E-state index contributed by atoms with van der Waals surface area (Å²) in [5, 5.41) is 0. The zero-order chi connectivity index (χ0) is 21.1. The van der Waals surface area contributed by atoms with Crippen molar-refractivity contribution in [2.45, 2.75) is 44.9 Å². The average molecular weight is 415 g/mol. The lowest BCUT2D eigenvalue weighted by atomic mass is 9.91. The van der Waals surface area contributed by atoms with Crippen LogP contribution < -0.4 is 0 Å². The quantitative estimate of drug-likeness (QED) is 0.603. The molecule has 0 amide bonds.